The summed E-state index contributed by atoms with van der Waals surface area (Å²) < 4.78 is 30.5. The molecule has 0 N–H and O–H groups in total. The van der Waals surface area contributed by atoms with Gasteiger partial charge in [-0.3, -0.25) is 0 Å². The summed E-state index contributed by atoms with van der Waals surface area (Å²) in [5, 5.41) is 0.941. The zero-order valence-electron chi connectivity index (χ0n) is 18.2. The molecule has 2 aromatic carbocycles. The van der Waals surface area contributed by atoms with E-state index in [4.69, 9.17) is 9.72 Å². The van der Waals surface area contributed by atoms with Crippen LogP contribution < -0.4 is 4.90 Å². The molecule has 1 aromatic heterocycles. The number of pyridine rings is 1. The second kappa shape index (κ2) is 9.12. The molecular weight excluding hydrogens is 424 g/mol. The third kappa shape index (κ3) is 4.53. The largest absolute Gasteiger partial charge is 0.463 e. The highest BCUT2D eigenvalue weighted by atomic mass is 32.2. The summed E-state index contributed by atoms with van der Waals surface area (Å²) in [6.07, 6.45) is 4.05. The summed E-state index contributed by atoms with van der Waals surface area (Å²) in [7, 11) is -3.35. The van der Waals surface area contributed by atoms with Gasteiger partial charge in [0.1, 0.15) is 5.82 Å². The second-order valence-corrected chi connectivity index (χ2v) is 9.79. The number of anilines is 1. The summed E-state index contributed by atoms with van der Waals surface area (Å²) in [5.41, 5.74) is 3.57. The van der Waals surface area contributed by atoms with Gasteiger partial charge < -0.3 is 9.64 Å². The molecule has 1 aliphatic heterocycles. The number of hydrogen-bond donors (Lipinski definition) is 0. The van der Waals surface area contributed by atoms with E-state index >= 15 is 0 Å². The van der Waals surface area contributed by atoms with Gasteiger partial charge in [-0.2, -0.15) is 0 Å². The van der Waals surface area contributed by atoms with E-state index in [0.717, 1.165) is 28.5 Å². The van der Waals surface area contributed by atoms with Gasteiger partial charge in [-0.15, -0.1) is 0 Å². The van der Waals surface area contributed by atoms with Crippen molar-refractivity contribution in [2.45, 2.75) is 31.7 Å². The first-order chi connectivity index (χ1) is 15.4. The van der Waals surface area contributed by atoms with Gasteiger partial charge in [0.25, 0.3) is 0 Å². The Balaban J connectivity index is 1.80. The zero-order valence-corrected chi connectivity index (χ0v) is 19.1. The fourth-order valence-corrected chi connectivity index (χ4v) is 5.41. The van der Waals surface area contributed by atoms with Crippen LogP contribution in [0.2, 0.25) is 0 Å². The summed E-state index contributed by atoms with van der Waals surface area (Å²) in [5.74, 6) is 0.296. The molecule has 2 heterocycles. The van der Waals surface area contributed by atoms with Crippen molar-refractivity contribution < 1.29 is 17.9 Å². The van der Waals surface area contributed by atoms with Crippen LogP contribution in [0.4, 0.5) is 5.82 Å². The van der Waals surface area contributed by atoms with Crippen LogP contribution in [0.1, 0.15) is 30.5 Å². The van der Waals surface area contributed by atoms with Gasteiger partial charge in [0.15, 0.2) is 9.84 Å². The number of rotatable bonds is 5. The second-order valence-electron chi connectivity index (χ2n) is 7.71. The minimum absolute atomic E-state index is 0.0203. The van der Waals surface area contributed by atoms with Crippen molar-refractivity contribution in [1.82, 2.24) is 4.98 Å². The maximum Gasteiger partial charge on any atom is 0.330 e. The molecule has 0 amide bonds. The molecule has 0 fully saturated rings. The Labute approximate surface area is 188 Å². The van der Waals surface area contributed by atoms with Crippen molar-refractivity contribution >= 4 is 38.6 Å². The van der Waals surface area contributed by atoms with Gasteiger partial charge in [0.2, 0.25) is 0 Å². The number of benzene rings is 2. The molecule has 0 spiro atoms. The molecule has 1 aliphatic rings. The third-order valence-electron chi connectivity index (χ3n) is 5.61. The Morgan fingerprint density at radius 2 is 1.97 bits per heavy atom. The van der Waals surface area contributed by atoms with Crippen LogP contribution in [0, 0.1) is 0 Å². The molecule has 0 unspecified atom stereocenters. The molecule has 6 nitrogen and oxygen atoms in total. The predicted octanol–water partition coefficient (Wildman–Crippen LogP) is 4.17. The van der Waals surface area contributed by atoms with Gasteiger partial charge in [-0.25, -0.2) is 18.2 Å². The number of sulfone groups is 1. The highest BCUT2D eigenvalue weighted by Gasteiger charge is 2.26. The smallest absolute Gasteiger partial charge is 0.330 e. The molecule has 7 heteroatoms. The third-order valence-corrected chi connectivity index (χ3v) is 7.40. The Morgan fingerprint density at radius 1 is 1.16 bits per heavy atom. The lowest BCUT2D eigenvalue weighted by atomic mass is 10.0. The lowest BCUT2D eigenvalue weighted by Crippen LogP contribution is -2.26. The topological polar surface area (TPSA) is 76.6 Å². The Bertz CT molecular complexity index is 1300. The van der Waals surface area contributed by atoms with E-state index in [-0.39, 0.29) is 5.75 Å². The van der Waals surface area contributed by atoms with Crippen LogP contribution in [0.3, 0.4) is 0 Å². The van der Waals surface area contributed by atoms with E-state index in [1.807, 2.05) is 35.2 Å². The summed E-state index contributed by atoms with van der Waals surface area (Å²) in [4.78, 5) is 19.1. The van der Waals surface area contributed by atoms with Gasteiger partial charge in [-0.1, -0.05) is 31.2 Å². The normalized spacial score (nSPS) is 15.5. The lowest BCUT2D eigenvalue weighted by Gasteiger charge is -2.22. The fourth-order valence-electron chi connectivity index (χ4n) is 3.91. The highest BCUT2D eigenvalue weighted by Crippen LogP contribution is 2.29. The summed E-state index contributed by atoms with van der Waals surface area (Å²) in [6.45, 7) is 4.95. The summed E-state index contributed by atoms with van der Waals surface area (Å²) in [6, 6.07) is 15.1. The molecule has 32 heavy (non-hydrogen) atoms. The molecule has 3 aromatic rings. The molecule has 0 saturated carbocycles. The minimum Gasteiger partial charge on any atom is -0.463 e. The van der Waals surface area contributed by atoms with E-state index in [1.165, 1.54) is 11.6 Å². The number of aromatic nitrogens is 1. The van der Waals surface area contributed by atoms with E-state index in [1.54, 1.807) is 25.1 Å². The first kappa shape index (κ1) is 22.0. The zero-order chi connectivity index (χ0) is 22.7. The molecule has 0 bridgehead atoms. The van der Waals surface area contributed by atoms with E-state index in [2.05, 4.69) is 13.0 Å². The van der Waals surface area contributed by atoms with Gasteiger partial charge in [0.05, 0.1) is 22.8 Å². The Hall–Kier alpha value is -3.19. The van der Waals surface area contributed by atoms with Crippen LogP contribution in [-0.2, 0) is 32.3 Å². The number of hydrogen-bond acceptors (Lipinski definition) is 6. The van der Waals surface area contributed by atoms with Crippen LogP contribution in [0.5, 0.6) is 0 Å². The molecule has 0 atom stereocenters. The molecular formula is C25H26N2O4S. The average molecular weight is 451 g/mol. The van der Waals surface area contributed by atoms with E-state index in [0.29, 0.717) is 30.4 Å². The van der Waals surface area contributed by atoms with Crippen LogP contribution >= 0.6 is 0 Å². The molecule has 0 aliphatic carbocycles. The Morgan fingerprint density at radius 3 is 2.75 bits per heavy atom. The SMILES string of the molecule is CCOC(=O)C=Cc1cc(N2CCS(=O)(=O)c3ccccc3C2)nc2ccc(CC)cc12. The number of carbonyl (C=O) groups excluding carboxylic acids is 1. The van der Waals surface area contributed by atoms with E-state index < -0.39 is 15.8 Å². The van der Waals surface area contributed by atoms with Crippen LogP contribution in [0.25, 0.3) is 17.0 Å². The number of fused-ring (bicyclic) bond motifs is 2. The monoisotopic (exact) mass is 450 g/mol. The highest BCUT2D eigenvalue weighted by molar-refractivity contribution is 7.91. The first-order valence-corrected chi connectivity index (χ1v) is 12.4. The van der Waals surface area contributed by atoms with Crippen LogP contribution in [-0.4, -0.2) is 38.3 Å². The number of ether oxygens (including phenoxy) is 1. The van der Waals surface area contributed by atoms with Gasteiger partial charge in [0, 0.05) is 24.6 Å². The summed E-state index contributed by atoms with van der Waals surface area (Å²) >= 11 is 0. The molecule has 0 radical (unpaired) electrons. The molecule has 0 saturated heterocycles. The minimum atomic E-state index is -3.35. The van der Waals surface area contributed by atoms with Crippen molar-refractivity contribution in [1.29, 1.82) is 0 Å². The lowest BCUT2D eigenvalue weighted by molar-refractivity contribution is -0.137. The van der Waals surface area contributed by atoms with E-state index in [9.17, 15) is 13.2 Å². The van der Waals surface area contributed by atoms with Crippen molar-refractivity contribution in [3.8, 4) is 0 Å². The maximum absolute atomic E-state index is 12.7. The van der Waals surface area contributed by atoms with Crippen molar-refractivity contribution in [3.63, 3.8) is 0 Å². The fraction of sp³-hybridized carbons (Fsp3) is 0.280. The van der Waals surface area contributed by atoms with Gasteiger partial charge in [-0.05, 0) is 60.4 Å². The number of aryl methyl sites for hydroxylation is 1. The van der Waals surface area contributed by atoms with Crippen LogP contribution in [0.15, 0.2) is 59.5 Å². The first-order valence-electron chi connectivity index (χ1n) is 10.8. The van der Waals surface area contributed by atoms with Crippen molar-refractivity contribution in [2.75, 3.05) is 23.8 Å². The predicted molar refractivity (Wildman–Crippen MR) is 126 cm³/mol. The average Bonchev–Trinajstić information content (AvgIpc) is 2.93. The molecule has 166 valence electrons. The standard InChI is InChI=1S/C25H26N2O4S/c1-3-18-9-11-22-21(15-18)19(10-12-25(28)31-4-2)16-24(26-22)27-13-14-32(29,30)23-8-6-5-7-20(23)17-27/h5-12,15-16H,3-4,13-14,17H2,1-2H3. The number of esters is 1. The Kier molecular flexibility index (Phi) is 6.28. The molecule has 4 rings (SSSR count). The number of carbonyl (C=O) groups is 1. The van der Waals surface area contributed by atoms with Crippen molar-refractivity contribution in [2.24, 2.45) is 0 Å². The van der Waals surface area contributed by atoms with Gasteiger partial charge >= 0.3 is 5.97 Å². The van der Waals surface area contributed by atoms with Crippen molar-refractivity contribution in [3.05, 3.63) is 71.3 Å². The number of nitrogens with zero attached hydrogens (tertiary/aromatic N) is 2. The maximum atomic E-state index is 12.7. The quantitative estimate of drug-likeness (QED) is 0.429.